The Morgan fingerprint density at radius 1 is 1.32 bits per heavy atom. The molecule has 6 heteroatoms. The molecule has 1 aromatic heterocycles. The third-order valence-corrected chi connectivity index (χ3v) is 3.60. The van der Waals surface area contributed by atoms with Crippen LogP contribution in [0.5, 0.6) is 5.75 Å². The summed E-state index contributed by atoms with van der Waals surface area (Å²) < 4.78 is 21.3. The Labute approximate surface area is 109 Å². The first-order valence-electron chi connectivity index (χ1n) is 6.24. The highest BCUT2D eigenvalue weighted by atomic mass is 16.6. The Balaban J connectivity index is 2.07. The van der Waals surface area contributed by atoms with Gasteiger partial charge in [-0.15, -0.1) is 0 Å². The lowest BCUT2D eigenvalue weighted by Gasteiger charge is -2.33. The fourth-order valence-electron chi connectivity index (χ4n) is 2.42. The Bertz CT molecular complexity index is 551. The number of aliphatic hydroxyl groups excluding tert-OH is 1. The highest BCUT2D eigenvalue weighted by molar-refractivity contribution is 5.37. The fraction of sp³-hybridized carbons (Fsp3) is 0.615. The normalized spacial score (nSPS) is 36.5. The molecule has 0 aliphatic carbocycles. The molecule has 0 radical (unpaired) electrons. The lowest BCUT2D eigenvalue weighted by Crippen LogP contribution is -2.41. The van der Waals surface area contributed by atoms with Gasteiger partial charge >= 0.3 is 5.63 Å². The van der Waals surface area contributed by atoms with E-state index in [1.807, 2.05) is 6.92 Å². The van der Waals surface area contributed by atoms with Gasteiger partial charge < -0.3 is 23.7 Å². The second kappa shape index (κ2) is 4.33. The molecule has 2 aliphatic heterocycles. The first-order chi connectivity index (χ1) is 9.02. The van der Waals surface area contributed by atoms with Crippen molar-refractivity contribution in [2.75, 3.05) is 7.11 Å². The largest absolute Gasteiger partial charge is 0.487 e. The van der Waals surface area contributed by atoms with Crippen LogP contribution in [0.4, 0.5) is 0 Å². The lowest BCUT2D eigenvalue weighted by molar-refractivity contribution is -0.0816. The average Bonchev–Trinajstić information content (AvgIpc) is 3.08. The molecule has 5 atom stereocenters. The van der Waals surface area contributed by atoms with E-state index in [-0.39, 0.29) is 17.8 Å². The number of methoxy groups -OCH3 is 1. The van der Waals surface area contributed by atoms with Gasteiger partial charge in [0.2, 0.25) is 0 Å². The first-order valence-corrected chi connectivity index (χ1v) is 6.24. The standard InChI is InChI=1S/C13H16O6/c1-5-10(14)12(16-3)9-7(17-5)4-8(19-13(9)15)11-6(2)18-11/h4-6,10-12,14H,1-3H3. The van der Waals surface area contributed by atoms with Gasteiger partial charge in [0.1, 0.15) is 41.5 Å². The summed E-state index contributed by atoms with van der Waals surface area (Å²) in [4.78, 5) is 12.1. The Hall–Kier alpha value is -1.37. The molecule has 1 saturated heterocycles. The SMILES string of the molecule is COC1c2c(cc(C3OC3C)oc2=O)OC(C)C1O. The second-order valence-corrected chi connectivity index (χ2v) is 4.95. The highest BCUT2D eigenvalue weighted by Crippen LogP contribution is 2.42. The lowest BCUT2D eigenvalue weighted by atomic mass is 9.98. The fourth-order valence-corrected chi connectivity index (χ4v) is 2.42. The predicted molar refractivity (Wildman–Crippen MR) is 64.1 cm³/mol. The van der Waals surface area contributed by atoms with Crippen molar-refractivity contribution in [1.82, 2.24) is 0 Å². The molecule has 2 aliphatic rings. The molecule has 0 amide bonds. The summed E-state index contributed by atoms with van der Waals surface area (Å²) in [6.45, 7) is 3.62. The van der Waals surface area contributed by atoms with Gasteiger partial charge in [-0.05, 0) is 13.8 Å². The quantitative estimate of drug-likeness (QED) is 0.803. The molecule has 104 valence electrons. The number of epoxide rings is 1. The van der Waals surface area contributed by atoms with Crippen molar-refractivity contribution in [3.05, 3.63) is 27.8 Å². The number of hydrogen-bond donors (Lipinski definition) is 1. The summed E-state index contributed by atoms with van der Waals surface area (Å²) in [5.74, 6) is 0.855. The molecule has 3 rings (SSSR count). The minimum Gasteiger partial charge on any atom is -0.487 e. The maximum atomic E-state index is 12.1. The molecule has 1 fully saturated rings. The van der Waals surface area contributed by atoms with E-state index in [9.17, 15) is 9.90 Å². The van der Waals surface area contributed by atoms with Crippen molar-refractivity contribution in [1.29, 1.82) is 0 Å². The molecule has 0 aromatic carbocycles. The van der Waals surface area contributed by atoms with Crippen molar-refractivity contribution >= 4 is 0 Å². The van der Waals surface area contributed by atoms with Gasteiger partial charge in [0.15, 0.2) is 0 Å². The van der Waals surface area contributed by atoms with Crippen LogP contribution in [-0.4, -0.2) is 30.5 Å². The van der Waals surface area contributed by atoms with E-state index in [1.54, 1.807) is 13.0 Å². The van der Waals surface area contributed by atoms with E-state index in [0.717, 1.165) is 0 Å². The first kappa shape index (κ1) is 12.7. The van der Waals surface area contributed by atoms with Crippen LogP contribution in [0.2, 0.25) is 0 Å². The van der Waals surface area contributed by atoms with E-state index in [0.29, 0.717) is 11.5 Å². The van der Waals surface area contributed by atoms with E-state index in [4.69, 9.17) is 18.6 Å². The predicted octanol–water partition coefficient (Wildman–Crippen LogP) is 0.929. The molecule has 0 spiro atoms. The van der Waals surface area contributed by atoms with Crippen molar-refractivity contribution in [2.24, 2.45) is 0 Å². The third-order valence-electron chi connectivity index (χ3n) is 3.60. The topological polar surface area (TPSA) is 81.4 Å². The van der Waals surface area contributed by atoms with Crippen LogP contribution in [0.1, 0.15) is 37.4 Å². The molecular formula is C13H16O6. The van der Waals surface area contributed by atoms with Gasteiger partial charge in [0.25, 0.3) is 0 Å². The Morgan fingerprint density at radius 2 is 2.00 bits per heavy atom. The number of rotatable bonds is 2. The zero-order valence-corrected chi connectivity index (χ0v) is 11.0. The van der Waals surface area contributed by atoms with Crippen LogP contribution in [0.15, 0.2) is 15.3 Å². The van der Waals surface area contributed by atoms with Crippen LogP contribution in [-0.2, 0) is 9.47 Å². The molecule has 0 bridgehead atoms. The molecule has 19 heavy (non-hydrogen) atoms. The minimum atomic E-state index is -0.901. The van der Waals surface area contributed by atoms with Crippen LogP contribution in [0.3, 0.4) is 0 Å². The summed E-state index contributed by atoms with van der Waals surface area (Å²) in [6, 6.07) is 1.65. The van der Waals surface area contributed by atoms with Crippen LogP contribution in [0.25, 0.3) is 0 Å². The van der Waals surface area contributed by atoms with Gasteiger partial charge in [-0.3, -0.25) is 0 Å². The molecule has 0 saturated carbocycles. The molecular weight excluding hydrogens is 252 g/mol. The van der Waals surface area contributed by atoms with E-state index in [1.165, 1.54) is 7.11 Å². The molecule has 1 aromatic rings. The number of aliphatic hydroxyl groups is 1. The highest BCUT2D eigenvalue weighted by Gasteiger charge is 2.42. The summed E-state index contributed by atoms with van der Waals surface area (Å²) in [6.07, 6.45) is -2.23. The monoisotopic (exact) mass is 268 g/mol. The molecule has 3 heterocycles. The van der Waals surface area contributed by atoms with E-state index in [2.05, 4.69) is 0 Å². The van der Waals surface area contributed by atoms with E-state index < -0.39 is 23.9 Å². The number of fused-ring (bicyclic) bond motifs is 1. The summed E-state index contributed by atoms with van der Waals surface area (Å²) >= 11 is 0. The number of ether oxygens (including phenoxy) is 3. The zero-order valence-electron chi connectivity index (χ0n) is 11.0. The van der Waals surface area contributed by atoms with Crippen molar-refractivity contribution in [3.8, 4) is 5.75 Å². The van der Waals surface area contributed by atoms with Crippen LogP contribution < -0.4 is 10.4 Å². The van der Waals surface area contributed by atoms with Crippen LogP contribution in [0, 0.1) is 0 Å². The van der Waals surface area contributed by atoms with Crippen LogP contribution >= 0.6 is 0 Å². The van der Waals surface area contributed by atoms with Gasteiger partial charge in [0.05, 0.1) is 6.10 Å². The third kappa shape index (κ3) is 1.96. The molecule has 5 unspecified atom stereocenters. The van der Waals surface area contributed by atoms with E-state index >= 15 is 0 Å². The van der Waals surface area contributed by atoms with Gasteiger partial charge in [0, 0.05) is 13.2 Å². The summed E-state index contributed by atoms with van der Waals surface area (Å²) in [7, 11) is 1.44. The Morgan fingerprint density at radius 3 is 2.58 bits per heavy atom. The zero-order chi connectivity index (χ0) is 13.7. The summed E-state index contributed by atoms with van der Waals surface area (Å²) in [5, 5.41) is 9.99. The second-order valence-electron chi connectivity index (χ2n) is 4.95. The Kier molecular flexibility index (Phi) is 2.88. The van der Waals surface area contributed by atoms with Crippen molar-refractivity contribution in [3.63, 3.8) is 0 Å². The average molecular weight is 268 g/mol. The summed E-state index contributed by atoms with van der Waals surface area (Å²) in [5.41, 5.74) is -0.321. The smallest absolute Gasteiger partial charge is 0.345 e. The number of hydrogen-bond acceptors (Lipinski definition) is 6. The minimum absolute atomic E-state index is 0.0472. The maximum Gasteiger partial charge on any atom is 0.345 e. The maximum absolute atomic E-state index is 12.1. The van der Waals surface area contributed by atoms with Crippen molar-refractivity contribution in [2.45, 2.75) is 44.4 Å². The van der Waals surface area contributed by atoms with Gasteiger partial charge in [-0.25, -0.2) is 4.79 Å². The van der Waals surface area contributed by atoms with Gasteiger partial charge in [-0.1, -0.05) is 0 Å². The molecule has 6 nitrogen and oxygen atoms in total. The van der Waals surface area contributed by atoms with Gasteiger partial charge in [-0.2, -0.15) is 0 Å². The molecule has 1 N–H and O–H groups in total. The van der Waals surface area contributed by atoms with Crippen molar-refractivity contribution < 1.29 is 23.7 Å².